The highest BCUT2D eigenvalue weighted by Gasteiger charge is 2.28. The minimum absolute atomic E-state index is 0.145. The Bertz CT molecular complexity index is 567. The molecule has 2 aromatic rings. The predicted molar refractivity (Wildman–Crippen MR) is 75.9 cm³/mol. The molecule has 1 N–H and O–H groups in total. The van der Waals surface area contributed by atoms with Gasteiger partial charge in [-0.05, 0) is 25.0 Å². The number of aryl methyl sites for hydroxylation is 1. The number of fused-ring (bicyclic) bond motifs is 1. The van der Waals surface area contributed by atoms with Gasteiger partial charge in [-0.3, -0.25) is 0 Å². The molecule has 4 heteroatoms. The lowest BCUT2D eigenvalue weighted by Crippen LogP contribution is -2.26. The van der Waals surface area contributed by atoms with Gasteiger partial charge < -0.3 is 9.84 Å². The van der Waals surface area contributed by atoms with Crippen LogP contribution in [0.15, 0.2) is 29.6 Å². The van der Waals surface area contributed by atoms with Crippen molar-refractivity contribution in [1.29, 1.82) is 0 Å². The maximum absolute atomic E-state index is 10.5. The van der Waals surface area contributed by atoms with Gasteiger partial charge in [0, 0.05) is 17.7 Å². The second kappa shape index (κ2) is 5.31. The minimum Gasteiger partial charge on any atom is -0.493 e. The van der Waals surface area contributed by atoms with Crippen LogP contribution in [0.25, 0.3) is 0 Å². The highest BCUT2D eigenvalue weighted by atomic mass is 32.1. The number of aliphatic hydroxyl groups is 1. The number of para-hydroxylation sites is 1. The average molecular weight is 275 g/mol. The van der Waals surface area contributed by atoms with E-state index < -0.39 is 6.10 Å². The first-order chi connectivity index (χ1) is 9.24. The number of ether oxygens (including phenoxy) is 1. The van der Waals surface area contributed by atoms with Gasteiger partial charge in [0.2, 0.25) is 0 Å². The molecule has 1 aliphatic heterocycles. The summed E-state index contributed by atoms with van der Waals surface area (Å²) in [7, 11) is 0. The van der Waals surface area contributed by atoms with E-state index in [1.54, 1.807) is 11.3 Å². The lowest BCUT2D eigenvalue weighted by atomic mass is 9.86. The summed E-state index contributed by atoms with van der Waals surface area (Å²) in [6, 6.07) is 7.99. The summed E-state index contributed by atoms with van der Waals surface area (Å²) in [4.78, 5) is 4.43. The first-order valence-corrected chi connectivity index (χ1v) is 7.43. The first kappa shape index (κ1) is 12.6. The minimum atomic E-state index is -0.397. The van der Waals surface area contributed by atoms with Crippen LogP contribution in [0.1, 0.15) is 28.6 Å². The molecule has 0 saturated carbocycles. The average Bonchev–Trinajstić information content (AvgIpc) is 2.83. The number of aromatic nitrogens is 1. The molecule has 1 aliphatic rings. The van der Waals surface area contributed by atoms with E-state index in [-0.39, 0.29) is 5.92 Å². The normalized spacial score (nSPS) is 19.6. The van der Waals surface area contributed by atoms with Crippen LogP contribution in [0, 0.1) is 6.92 Å². The van der Waals surface area contributed by atoms with E-state index in [0.29, 0.717) is 13.0 Å². The SMILES string of the molecule is Cc1nc(CC(O)C2CCOc3ccccc32)cs1. The number of rotatable bonds is 3. The molecule has 19 heavy (non-hydrogen) atoms. The number of hydrogen-bond acceptors (Lipinski definition) is 4. The Morgan fingerprint density at radius 2 is 2.32 bits per heavy atom. The number of hydrogen-bond donors (Lipinski definition) is 1. The zero-order valence-electron chi connectivity index (χ0n) is 10.9. The van der Waals surface area contributed by atoms with Crippen molar-refractivity contribution < 1.29 is 9.84 Å². The monoisotopic (exact) mass is 275 g/mol. The number of thiazole rings is 1. The van der Waals surface area contributed by atoms with E-state index in [1.165, 1.54) is 0 Å². The second-order valence-electron chi connectivity index (χ2n) is 4.91. The van der Waals surface area contributed by atoms with E-state index in [1.807, 2.05) is 30.5 Å². The quantitative estimate of drug-likeness (QED) is 0.936. The lowest BCUT2D eigenvalue weighted by molar-refractivity contribution is 0.116. The largest absolute Gasteiger partial charge is 0.493 e. The van der Waals surface area contributed by atoms with Gasteiger partial charge in [-0.15, -0.1) is 11.3 Å². The van der Waals surface area contributed by atoms with Crippen LogP contribution in [0.2, 0.25) is 0 Å². The number of aliphatic hydroxyl groups excluding tert-OH is 1. The van der Waals surface area contributed by atoms with Gasteiger partial charge in [-0.1, -0.05) is 18.2 Å². The molecule has 0 aliphatic carbocycles. The Balaban J connectivity index is 1.79. The van der Waals surface area contributed by atoms with Gasteiger partial charge in [0.1, 0.15) is 5.75 Å². The second-order valence-corrected chi connectivity index (χ2v) is 5.97. The Labute approximate surface area is 116 Å². The number of benzene rings is 1. The van der Waals surface area contributed by atoms with Gasteiger partial charge in [0.25, 0.3) is 0 Å². The first-order valence-electron chi connectivity index (χ1n) is 6.55. The van der Waals surface area contributed by atoms with Crippen molar-refractivity contribution >= 4 is 11.3 Å². The zero-order chi connectivity index (χ0) is 13.2. The predicted octanol–water partition coefficient (Wildman–Crippen LogP) is 2.92. The van der Waals surface area contributed by atoms with Crippen molar-refractivity contribution in [2.75, 3.05) is 6.61 Å². The van der Waals surface area contributed by atoms with Crippen molar-refractivity contribution in [3.05, 3.63) is 45.9 Å². The fourth-order valence-corrected chi connectivity index (χ4v) is 3.25. The Morgan fingerprint density at radius 1 is 1.47 bits per heavy atom. The molecule has 0 spiro atoms. The molecule has 3 rings (SSSR count). The highest BCUT2D eigenvalue weighted by molar-refractivity contribution is 7.09. The smallest absolute Gasteiger partial charge is 0.122 e. The van der Waals surface area contributed by atoms with Gasteiger partial charge >= 0.3 is 0 Å². The summed E-state index contributed by atoms with van der Waals surface area (Å²) < 4.78 is 5.63. The van der Waals surface area contributed by atoms with Crippen LogP contribution in [-0.4, -0.2) is 22.8 Å². The highest BCUT2D eigenvalue weighted by Crippen LogP contribution is 2.36. The van der Waals surface area contributed by atoms with Crippen molar-refractivity contribution in [3.8, 4) is 5.75 Å². The fraction of sp³-hybridized carbons (Fsp3) is 0.400. The molecule has 3 nitrogen and oxygen atoms in total. The topological polar surface area (TPSA) is 42.4 Å². The van der Waals surface area contributed by atoms with Crippen LogP contribution in [-0.2, 0) is 6.42 Å². The van der Waals surface area contributed by atoms with Crippen LogP contribution in [0.3, 0.4) is 0 Å². The van der Waals surface area contributed by atoms with E-state index in [0.717, 1.165) is 28.4 Å². The standard InChI is InChI=1S/C15H17NO2S/c1-10-16-11(9-19-10)8-14(17)12-6-7-18-15-5-3-2-4-13(12)15/h2-5,9,12,14,17H,6-8H2,1H3. The van der Waals surface area contributed by atoms with E-state index in [2.05, 4.69) is 11.1 Å². The fourth-order valence-electron chi connectivity index (χ4n) is 2.63. The van der Waals surface area contributed by atoms with Gasteiger partial charge in [-0.25, -0.2) is 4.98 Å². The third kappa shape index (κ3) is 2.65. The van der Waals surface area contributed by atoms with Crippen molar-refractivity contribution in [2.24, 2.45) is 0 Å². The summed E-state index contributed by atoms with van der Waals surface area (Å²) >= 11 is 1.63. The molecule has 100 valence electrons. The summed E-state index contributed by atoms with van der Waals surface area (Å²) in [5, 5.41) is 13.6. The van der Waals surface area contributed by atoms with E-state index in [9.17, 15) is 5.11 Å². The third-order valence-corrected chi connectivity index (χ3v) is 4.38. The molecule has 0 amide bonds. The van der Waals surface area contributed by atoms with E-state index in [4.69, 9.17) is 4.74 Å². The van der Waals surface area contributed by atoms with Crippen molar-refractivity contribution in [2.45, 2.75) is 31.8 Å². The molecule has 2 atom stereocenters. The van der Waals surface area contributed by atoms with Gasteiger partial charge in [-0.2, -0.15) is 0 Å². The molecule has 0 radical (unpaired) electrons. The molecule has 0 bridgehead atoms. The van der Waals surface area contributed by atoms with Gasteiger partial charge in [0.15, 0.2) is 0 Å². The summed E-state index contributed by atoms with van der Waals surface area (Å²) in [6.45, 7) is 2.67. The maximum atomic E-state index is 10.5. The molecular weight excluding hydrogens is 258 g/mol. The van der Waals surface area contributed by atoms with Crippen molar-refractivity contribution in [3.63, 3.8) is 0 Å². The third-order valence-electron chi connectivity index (χ3n) is 3.55. The Kier molecular flexibility index (Phi) is 3.53. The number of nitrogens with zero attached hydrogens (tertiary/aromatic N) is 1. The van der Waals surface area contributed by atoms with Crippen LogP contribution in [0.5, 0.6) is 5.75 Å². The van der Waals surface area contributed by atoms with Crippen molar-refractivity contribution in [1.82, 2.24) is 4.98 Å². The van der Waals surface area contributed by atoms with E-state index >= 15 is 0 Å². The van der Waals surface area contributed by atoms with Crippen LogP contribution >= 0.6 is 11.3 Å². The zero-order valence-corrected chi connectivity index (χ0v) is 11.7. The molecule has 1 aromatic heterocycles. The molecule has 0 saturated heterocycles. The summed E-state index contributed by atoms with van der Waals surface area (Å²) in [5.74, 6) is 1.05. The molecule has 2 heterocycles. The maximum Gasteiger partial charge on any atom is 0.122 e. The molecular formula is C15H17NO2S. The molecule has 2 unspecified atom stereocenters. The summed E-state index contributed by atoms with van der Waals surface area (Å²) in [5.41, 5.74) is 2.10. The van der Waals surface area contributed by atoms with Gasteiger partial charge in [0.05, 0.1) is 23.4 Å². The molecule has 0 fully saturated rings. The Morgan fingerprint density at radius 3 is 3.11 bits per heavy atom. The lowest BCUT2D eigenvalue weighted by Gasteiger charge is -2.29. The Hall–Kier alpha value is -1.39. The molecule has 1 aromatic carbocycles. The summed E-state index contributed by atoms with van der Waals surface area (Å²) in [6.07, 6.45) is 1.08. The van der Waals surface area contributed by atoms with Crippen LogP contribution in [0.4, 0.5) is 0 Å². The van der Waals surface area contributed by atoms with Crippen LogP contribution < -0.4 is 4.74 Å².